The number of carbonyl (C=O) groups excluding carboxylic acids is 1. The highest BCUT2D eigenvalue weighted by Gasteiger charge is 2.50. The molecule has 2 aliphatic heterocycles. The van der Waals surface area contributed by atoms with E-state index in [4.69, 9.17) is 0 Å². The van der Waals surface area contributed by atoms with Gasteiger partial charge in [-0.15, -0.1) is 0 Å². The molecule has 0 unspecified atom stereocenters. The Balaban J connectivity index is 1.59. The van der Waals surface area contributed by atoms with Crippen molar-refractivity contribution in [2.24, 2.45) is 0 Å². The second kappa shape index (κ2) is 6.13. The lowest BCUT2D eigenvalue weighted by Crippen LogP contribution is -2.52. The largest absolute Gasteiger partial charge is 0.385 e. The van der Waals surface area contributed by atoms with Crippen LogP contribution in [0.25, 0.3) is 0 Å². The molecule has 4 rings (SSSR count). The Morgan fingerprint density at radius 3 is 2.15 bits per heavy atom. The van der Waals surface area contributed by atoms with E-state index in [9.17, 15) is 23.1 Å². The van der Waals surface area contributed by atoms with E-state index in [-0.39, 0.29) is 29.4 Å². The summed E-state index contributed by atoms with van der Waals surface area (Å²) in [5.74, 6) is -2.76. The Bertz CT molecular complexity index is 839. The van der Waals surface area contributed by atoms with Crippen molar-refractivity contribution in [2.45, 2.75) is 43.4 Å². The summed E-state index contributed by atoms with van der Waals surface area (Å²) >= 11 is 0. The lowest BCUT2D eigenvalue weighted by Gasteiger charge is -2.44. The zero-order chi connectivity index (χ0) is 18.5. The van der Waals surface area contributed by atoms with Crippen LogP contribution in [-0.2, 0) is 5.60 Å². The molecule has 2 aromatic carbocycles. The third kappa shape index (κ3) is 2.78. The van der Waals surface area contributed by atoms with Gasteiger partial charge in [0, 0.05) is 30.5 Å². The second-order valence-electron chi connectivity index (χ2n) is 7.17. The summed E-state index contributed by atoms with van der Waals surface area (Å²) in [5.41, 5.74) is -0.381. The predicted octanol–water partition coefficient (Wildman–Crippen LogP) is 3.76. The molecule has 2 aliphatic rings. The number of carbonyl (C=O) groups is 1. The van der Waals surface area contributed by atoms with E-state index in [1.54, 1.807) is 17.0 Å². The van der Waals surface area contributed by atoms with E-state index in [0.29, 0.717) is 18.4 Å². The van der Waals surface area contributed by atoms with Crippen molar-refractivity contribution in [3.63, 3.8) is 0 Å². The van der Waals surface area contributed by atoms with Gasteiger partial charge in [0.2, 0.25) is 0 Å². The van der Waals surface area contributed by atoms with Crippen molar-refractivity contribution in [1.82, 2.24) is 4.90 Å². The van der Waals surface area contributed by atoms with Crippen LogP contribution in [0.1, 0.15) is 41.6 Å². The van der Waals surface area contributed by atoms with E-state index in [2.05, 4.69) is 0 Å². The highest BCUT2D eigenvalue weighted by atomic mass is 19.2. The SMILES string of the molecule is O=C(c1ccc(F)c(F)c1)N1[C@@H]2CC[C@@H]1CC(O)(c1ccc(F)cc1)C2. The minimum absolute atomic E-state index is 0.105. The number of halogens is 3. The average Bonchev–Trinajstić information content (AvgIpc) is 2.89. The van der Waals surface area contributed by atoms with Crippen LogP contribution in [0.5, 0.6) is 0 Å². The summed E-state index contributed by atoms with van der Waals surface area (Å²) < 4.78 is 39.8. The topological polar surface area (TPSA) is 40.5 Å². The molecule has 2 aromatic rings. The van der Waals surface area contributed by atoms with E-state index >= 15 is 0 Å². The summed E-state index contributed by atoms with van der Waals surface area (Å²) in [6, 6.07) is 8.53. The predicted molar refractivity (Wildman–Crippen MR) is 88.9 cm³/mol. The quantitative estimate of drug-likeness (QED) is 0.885. The Kier molecular flexibility index (Phi) is 4.03. The fraction of sp³-hybridized carbons (Fsp3) is 0.350. The van der Waals surface area contributed by atoms with Gasteiger partial charge in [-0.25, -0.2) is 13.2 Å². The lowest BCUT2D eigenvalue weighted by atomic mass is 9.80. The molecule has 0 radical (unpaired) electrons. The van der Waals surface area contributed by atoms with Crippen LogP contribution in [-0.4, -0.2) is 28.0 Å². The van der Waals surface area contributed by atoms with E-state index in [0.717, 1.165) is 25.0 Å². The van der Waals surface area contributed by atoms with Crippen molar-refractivity contribution in [1.29, 1.82) is 0 Å². The third-order valence-corrected chi connectivity index (χ3v) is 5.55. The molecule has 136 valence electrons. The summed E-state index contributed by atoms with van der Waals surface area (Å²) in [7, 11) is 0. The Hall–Kier alpha value is -2.34. The van der Waals surface area contributed by atoms with Crippen molar-refractivity contribution in [2.75, 3.05) is 0 Å². The van der Waals surface area contributed by atoms with Gasteiger partial charge in [0.05, 0.1) is 5.60 Å². The monoisotopic (exact) mass is 361 g/mol. The van der Waals surface area contributed by atoms with Gasteiger partial charge in [-0.05, 0) is 48.7 Å². The highest BCUT2D eigenvalue weighted by Crippen LogP contribution is 2.46. The Morgan fingerprint density at radius 1 is 0.962 bits per heavy atom. The number of hydrogen-bond acceptors (Lipinski definition) is 2. The molecule has 2 bridgehead atoms. The zero-order valence-corrected chi connectivity index (χ0v) is 14.0. The summed E-state index contributed by atoms with van der Waals surface area (Å²) in [4.78, 5) is 14.5. The van der Waals surface area contributed by atoms with Gasteiger partial charge in [-0.1, -0.05) is 12.1 Å². The first kappa shape index (κ1) is 17.1. The number of rotatable bonds is 2. The molecule has 0 saturated carbocycles. The molecule has 3 nitrogen and oxygen atoms in total. The molecular weight excluding hydrogens is 343 g/mol. The second-order valence-corrected chi connectivity index (χ2v) is 7.17. The third-order valence-electron chi connectivity index (χ3n) is 5.55. The number of aliphatic hydroxyl groups is 1. The van der Waals surface area contributed by atoms with Crippen LogP contribution >= 0.6 is 0 Å². The van der Waals surface area contributed by atoms with Crippen molar-refractivity contribution in [3.8, 4) is 0 Å². The molecule has 0 aromatic heterocycles. The first-order chi connectivity index (χ1) is 12.4. The van der Waals surface area contributed by atoms with Gasteiger partial charge in [-0.2, -0.15) is 0 Å². The van der Waals surface area contributed by atoms with Gasteiger partial charge < -0.3 is 10.0 Å². The maximum atomic E-state index is 13.5. The molecule has 2 heterocycles. The minimum Gasteiger partial charge on any atom is -0.385 e. The van der Waals surface area contributed by atoms with Crippen LogP contribution in [0.2, 0.25) is 0 Å². The number of nitrogens with zero attached hydrogens (tertiary/aromatic N) is 1. The smallest absolute Gasteiger partial charge is 0.254 e. The molecule has 2 saturated heterocycles. The van der Waals surface area contributed by atoms with Crippen molar-refractivity contribution < 1.29 is 23.1 Å². The van der Waals surface area contributed by atoms with Crippen LogP contribution in [0.4, 0.5) is 13.2 Å². The number of fused-ring (bicyclic) bond motifs is 2. The van der Waals surface area contributed by atoms with E-state index in [1.807, 2.05) is 0 Å². The van der Waals surface area contributed by atoms with Crippen molar-refractivity contribution >= 4 is 5.91 Å². The molecule has 2 fully saturated rings. The van der Waals surface area contributed by atoms with Crippen LogP contribution in [0, 0.1) is 17.5 Å². The van der Waals surface area contributed by atoms with E-state index < -0.39 is 17.2 Å². The first-order valence-electron chi connectivity index (χ1n) is 8.63. The standard InChI is InChI=1S/C20H18F3NO2/c21-14-4-2-13(3-5-14)20(26)10-15-6-7-16(11-20)24(15)19(25)12-1-8-17(22)18(23)9-12/h1-5,8-9,15-16,26H,6-7,10-11H2/t15-,16-/m1/s1. The highest BCUT2D eigenvalue weighted by molar-refractivity contribution is 5.95. The Morgan fingerprint density at radius 2 is 1.58 bits per heavy atom. The molecule has 6 heteroatoms. The Labute approximate surface area is 149 Å². The minimum atomic E-state index is -1.12. The molecule has 26 heavy (non-hydrogen) atoms. The normalized spacial score (nSPS) is 27.6. The maximum Gasteiger partial charge on any atom is 0.254 e. The van der Waals surface area contributed by atoms with Gasteiger partial charge in [0.25, 0.3) is 5.91 Å². The number of amides is 1. The summed E-state index contributed by atoms with van der Waals surface area (Å²) in [6.07, 6.45) is 2.16. The average molecular weight is 361 g/mol. The molecular formula is C20H18F3NO2. The van der Waals surface area contributed by atoms with Crippen molar-refractivity contribution in [3.05, 3.63) is 71.0 Å². The number of benzene rings is 2. The van der Waals surface area contributed by atoms with Gasteiger partial charge in [0.1, 0.15) is 5.82 Å². The molecule has 2 atom stereocenters. The number of piperidine rings is 1. The first-order valence-corrected chi connectivity index (χ1v) is 8.63. The zero-order valence-electron chi connectivity index (χ0n) is 14.0. The molecule has 1 amide bonds. The summed E-state index contributed by atoms with van der Waals surface area (Å²) in [5, 5.41) is 11.1. The van der Waals surface area contributed by atoms with Crippen LogP contribution in [0.15, 0.2) is 42.5 Å². The van der Waals surface area contributed by atoms with Crippen LogP contribution in [0.3, 0.4) is 0 Å². The molecule has 1 N–H and O–H groups in total. The fourth-order valence-electron chi connectivity index (χ4n) is 4.33. The van der Waals surface area contributed by atoms with Gasteiger partial charge >= 0.3 is 0 Å². The lowest BCUT2D eigenvalue weighted by molar-refractivity contribution is -0.0479. The maximum absolute atomic E-state index is 13.5. The van der Waals surface area contributed by atoms with Gasteiger partial charge in [-0.3, -0.25) is 4.79 Å². The van der Waals surface area contributed by atoms with E-state index in [1.165, 1.54) is 18.2 Å². The number of hydrogen-bond donors (Lipinski definition) is 1. The van der Waals surface area contributed by atoms with Crippen LogP contribution < -0.4 is 0 Å². The van der Waals surface area contributed by atoms with Gasteiger partial charge in [0.15, 0.2) is 11.6 Å². The molecule has 0 aliphatic carbocycles. The summed E-state index contributed by atoms with van der Waals surface area (Å²) in [6.45, 7) is 0. The molecule has 0 spiro atoms. The fourth-order valence-corrected chi connectivity index (χ4v) is 4.33.